The van der Waals surface area contributed by atoms with Crippen molar-refractivity contribution in [2.75, 3.05) is 0 Å². The quantitative estimate of drug-likeness (QED) is 0.0392. The minimum absolute atomic E-state index is 0. The van der Waals surface area contributed by atoms with Gasteiger partial charge in [-0.15, -0.1) is 0 Å². The van der Waals surface area contributed by atoms with Crippen LogP contribution in [0.2, 0.25) is 0 Å². The van der Waals surface area contributed by atoms with Crippen LogP contribution in [0.1, 0.15) is 128 Å². The third-order valence-corrected chi connectivity index (χ3v) is 11.0. The summed E-state index contributed by atoms with van der Waals surface area (Å²) < 4.78 is 76.3. The summed E-state index contributed by atoms with van der Waals surface area (Å²) in [7, 11) is -9.00. The normalized spacial score (nSPS) is 11.3. The maximum atomic E-state index is 11.9. The topological polar surface area (TPSA) is 173 Å². The number of aryl methyl sites for hydroxylation is 2. The van der Waals surface area contributed by atoms with Crippen LogP contribution in [-0.4, -0.2) is 68.8 Å². The molecule has 4 rings (SSSR count). The zero-order valence-electron chi connectivity index (χ0n) is 33.5. The number of hydrogen-bond donors (Lipinski definition) is 2. The molecule has 4 aromatic carbocycles. The Bertz CT molecular complexity index is 1840. The van der Waals surface area contributed by atoms with E-state index in [1.165, 1.54) is 96.0 Å². The first-order valence-corrected chi connectivity index (χ1v) is 22.8. The van der Waals surface area contributed by atoms with Gasteiger partial charge in [-0.3, -0.25) is 4.55 Å². The zero-order valence-corrected chi connectivity index (χ0v) is 37.3. The molecule has 0 bridgehead atoms. The fraction of sp³-hybridized carbons (Fsp3) is 0.455. The first-order valence-electron chi connectivity index (χ1n) is 19.9. The molecule has 308 valence electrons. The Balaban J connectivity index is 0.000000387. The van der Waals surface area contributed by atoms with Crippen molar-refractivity contribution >= 4 is 58.0 Å². The maximum absolute atomic E-state index is 11.9. The number of unbranched alkanes of at least 4 members (excludes halogenated alkanes) is 14. The number of hydrogen-bond acceptors (Lipinski definition) is 9. The second-order valence-electron chi connectivity index (χ2n) is 14.1. The van der Waals surface area contributed by atoms with E-state index < -0.39 is 30.9 Å². The van der Waals surface area contributed by atoms with Gasteiger partial charge in [-0.25, -0.2) is 8.42 Å². The average molecular weight is 851 g/mol. The van der Waals surface area contributed by atoms with Crippen LogP contribution in [0.15, 0.2) is 94.7 Å². The van der Waals surface area contributed by atoms with Gasteiger partial charge in [0.1, 0.15) is 27.4 Å². The van der Waals surface area contributed by atoms with Crippen molar-refractivity contribution in [2.24, 2.45) is 0 Å². The van der Waals surface area contributed by atoms with Gasteiger partial charge >= 0.3 is 37.7 Å². The van der Waals surface area contributed by atoms with E-state index in [-0.39, 0.29) is 59.9 Å². The van der Waals surface area contributed by atoms with Gasteiger partial charge in [0.25, 0.3) is 10.1 Å². The summed E-state index contributed by atoms with van der Waals surface area (Å²) >= 11 is 0. The van der Waals surface area contributed by atoms with E-state index in [2.05, 4.69) is 13.8 Å². The molecule has 0 amide bonds. The van der Waals surface area contributed by atoms with Crippen molar-refractivity contribution in [3.05, 3.63) is 96.1 Å². The number of benzene rings is 4. The summed E-state index contributed by atoms with van der Waals surface area (Å²) in [5, 5.41) is 21.8. The van der Waals surface area contributed by atoms with Crippen LogP contribution in [0.25, 0.3) is 0 Å². The molecule has 0 fully saturated rings. The van der Waals surface area contributed by atoms with Gasteiger partial charge in [0.2, 0.25) is 0 Å². The Morgan fingerprint density at radius 2 is 0.965 bits per heavy atom. The second-order valence-corrected chi connectivity index (χ2v) is 16.9. The third kappa shape index (κ3) is 20.1. The molecule has 0 aromatic heterocycles. The Hall–Kier alpha value is -2.84. The fourth-order valence-corrected chi connectivity index (χ4v) is 7.15. The van der Waals surface area contributed by atoms with Gasteiger partial charge in [0.15, 0.2) is 11.5 Å². The standard InChI is InChI=1S/2C22H30O5S.Ca/c2*1-2-3-4-5-6-7-8-9-11-18-12-10-13-19(16-18)27-22-17-20(28(24,25)26)14-15-21(22)23;/h2*10,12-17,23H,2-9,11H2,1H3,(H,24,25,26);/q;;+2/p-2. The van der Waals surface area contributed by atoms with Crippen LogP contribution in [0.5, 0.6) is 34.5 Å². The average Bonchev–Trinajstić information content (AvgIpc) is 3.15. The molecule has 2 N–H and O–H groups in total. The van der Waals surface area contributed by atoms with Gasteiger partial charge in [-0.2, -0.15) is 8.42 Å². The van der Waals surface area contributed by atoms with Crippen molar-refractivity contribution in [2.45, 2.75) is 139 Å². The molecule has 0 heterocycles. The Kier molecular flexibility index (Phi) is 23.8. The molecule has 4 aromatic rings. The fourth-order valence-electron chi connectivity index (χ4n) is 6.17. The summed E-state index contributed by atoms with van der Waals surface area (Å²) in [6, 6.07) is 21.4. The summed E-state index contributed by atoms with van der Waals surface area (Å²) in [5.74, 6) is 0.122. The number of rotatable bonds is 24. The largest absolute Gasteiger partial charge is 2.00 e. The summed E-state index contributed by atoms with van der Waals surface area (Å²) in [5.41, 5.74) is 2.23. The minimum Gasteiger partial charge on any atom is -0.870 e. The number of aromatic hydroxyl groups is 1. The van der Waals surface area contributed by atoms with Crippen molar-refractivity contribution < 1.29 is 45.6 Å². The molecule has 0 aliphatic heterocycles. The molecule has 10 nitrogen and oxygen atoms in total. The number of ether oxygens (including phenoxy) is 2. The van der Waals surface area contributed by atoms with Gasteiger partial charge < -0.3 is 24.2 Å². The minimum atomic E-state index is -4.64. The van der Waals surface area contributed by atoms with Crippen LogP contribution in [-0.2, 0) is 33.1 Å². The van der Waals surface area contributed by atoms with Crippen molar-refractivity contribution in [1.82, 2.24) is 0 Å². The van der Waals surface area contributed by atoms with E-state index in [4.69, 9.17) is 14.0 Å². The number of phenolic OH excluding ortho intramolecular Hbond substituents is 1. The van der Waals surface area contributed by atoms with Crippen molar-refractivity contribution in [3.8, 4) is 34.5 Å². The smallest absolute Gasteiger partial charge is 0.870 e. The SMILES string of the molecule is CCCCCCCCCCc1cccc(Oc2cc(S(=O)(=O)O)ccc2O)c1.CCCCCCCCCCc1cccc(Oc2cc(S(=O)(=O)[O-])ccc2[O-])c1.[Ca+2]. The van der Waals surface area contributed by atoms with Crippen LogP contribution >= 0.6 is 0 Å². The summed E-state index contributed by atoms with van der Waals surface area (Å²) in [6.45, 7) is 4.45. The molecule has 57 heavy (non-hydrogen) atoms. The van der Waals surface area contributed by atoms with Gasteiger partial charge in [0, 0.05) is 6.07 Å². The molecule has 0 saturated heterocycles. The zero-order chi connectivity index (χ0) is 40.8. The van der Waals surface area contributed by atoms with E-state index in [1.807, 2.05) is 36.4 Å². The Labute approximate surface area is 370 Å². The maximum Gasteiger partial charge on any atom is 2.00 e. The van der Waals surface area contributed by atoms with E-state index >= 15 is 0 Å². The van der Waals surface area contributed by atoms with Gasteiger partial charge in [0.05, 0.1) is 9.79 Å². The molecule has 0 aliphatic rings. The Morgan fingerprint density at radius 3 is 1.42 bits per heavy atom. The molecule has 0 unspecified atom stereocenters. The predicted octanol–water partition coefficient (Wildman–Crippen LogP) is 10.9. The van der Waals surface area contributed by atoms with E-state index in [9.17, 15) is 31.6 Å². The molecule has 0 atom stereocenters. The Morgan fingerprint density at radius 1 is 0.544 bits per heavy atom. The molecular weight excluding hydrogens is 793 g/mol. The van der Waals surface area contributed by atoms with Crippen molar-refractivity contribution in [1.29, 1.82) is 0 Å². The van der Waals surface area contributed by atoms with Crippen molar-refractivity contribution in [3.63, 3.8) is 0 Å². The first kappa shape index (κ1) is 50.3. The van der Waals surface area contributed by atoms with Gasteiger partial charge in [-0.1, -0.05) is 140 Å². The predicted molar refractivity (Wildman–Crippen MR) is 223 cm³/mol. The number of phenols is 1. The second kappa shape index (κ2) is 27.0. The summed E-state index contributed by atoms with van der Waals surface area (Å²) in [4.78, 5) is -0.799. The monoisotopic (exact) mass is 850 g/mol. The van der Waals surface area contributed by atoms with Crippen LogP contribution in [0, 0.1) is 0 Å². The van der Waals surface area contributed by atoms with Crippen LogP contribution in [0.3, 0.4) is 0 Å². The van der Waals surface area contributed by atoms with Crippen LogP contribution in [0.4, 0.5) is 0 Å². The molecule has 0 spiro atoms. The first-order chi connectivity index (χ1) is 26.8. The molecular formula is C44H58CaO10S2. The third-order valence-electron chi connectivity index (χ3n) is 9.32. The van der Waals surface area contributed by atoms with Gasteiger partial charge in [-0.05, 0) is 85.3 Å². The summed E-state index contributed by atoms with van der Waals surface area (Å²) in [6.07, 6.45) is 22.0. The molecule has 0 aliphatic carbocycles. The van der Waals surface area contributed by atoms with Crippen LogP contribution < -0.4 is 14.6 Å². The van der Waals surface area contributed by atoms with E-state index in [1.54, 1.807) is 12.1 Å². The van der Waals surface area contributed by atoms with E-state index in [0.29, 0.717) is 11.5 Å². The molecule has 0 radical (unpaired) electrons. The molecule has 0 saturated carbocycles. The molecule has 13 heteroatoms. The van der Waals surface area contributed by atoms with E-state index in [0.717, 1.165) is 67.1 Å².